The highest BCUT2D eigenvalue weighted by molar-refractivity contribution is 7.46. The molecule has 1 amide bonds. The molecular formula is C21H24N7O3PS. The van der Waals surface area contributed by atoms with Crippen molar-refractivity contribution < 1.29 is 13.8 Å². The molecule has 0 fully saturated rings. The van der Waals surface area contributed by atoms with Gasteiger partial charge in [0, 0.05) is 36.6 Å². The Hall–Kier alpha value is -2.98. The number of carbonyl (C=O) groups is 1. The Labute approximate surface area is 196 Å². The van der Waals surface area contributed by atoms with Crippen LogP contribution in [0, 0.1) is 0 Å². The molecule has 0 spiro atoms. The van der Waals surface area contributed by atoms with Crippen LogP contribution in [0.4, 0.5) is 5.69 Å². The number of hydrogen-bond donors (Lipinski definition) is 1. The van der Waals surface area contributed by atoms with Crippen LogP contribution in [-0.4, -0.2) is 48.6 Å². The number of amides is 1. The molecule has 172 valence electrons. The topological polar surface area (TPSA) is 109 Å². The Bertz CT molecular complexity index is 1200. The van der Waals surface area contributed by atoms with Crippen molar-refractivity contribution >= 4 is 31.3 Å². The zero-order valence-electron chi connectivity index (χ0n) is 18.5. The number of pyridine rings is 1. The van der Waals surface area contributed by atoms with E-state index < -0.39 is 8.38 Å². The third-order valence-corrected chi connectivity index (χ3v) is 6.91. The van der Waals surface area contributed by atoms with Gasteiger partial charge in [0.1, 0.15) is 22.7 Å². The van der Waals surface area contributed by atoms with Gasteiger partial charge in [-0.05, 0) is 26.0 Å². The molecule has 0 aliphatic heterocycles. The Kier molecular flexibility index (Phi) is 7.56. The summed E-state index contributed by atoms with van der Waals surface area (Å²) < 4.78 is 14.7. The van der Waals surface area contributed by atoms with Gasteiger partial charge in [-0.25, -0.2) is 4.98 Å². The van der Waals surface area contributed by atoms with Crippen molar-refractivity contribution in [1.82, 2.24) is 29.5 Å². The third kappa shape index (κ3) is 5.69. The molecule has 0 aromatic carbocycles. The first kappa shape index (κ1) is 23.2. The molecule has 4 heterocycles. The van der Waals surface area contributed by atoms with Gasteiger partial charge in [-0.1, -0.05) is 6.07 Å². The number of nitrogens with zero attached hydrogens (tertiary/aromatic N) is 6. The van der Waals surface area contributed by atoms with Gasteiger partial charge >= 0.3 is 0 Å². The lowest BCUT2D eigenvalue weighted by Gasteiger charge is -2.15. The first-order chi connectivity index (χ1) is 16.1. The van der Waals surface area contributed by atoms with Crippen LogP contribution in [0.1, 0.15) is 24.3 Å². The molecule has 12 heteroatoms. The lowest BCUT2D eigenvalue weighted by atomic mass is 10.2. The van der Waals surface area contributed by atoms with Gasteiger partial charge in [-0.15, -0.1) is 11.3 Å². The summed E-state index contributed by atoms with van der Waals surface area (Å²) in [7, 11) is 0.755. The van der Waals surface area contributed by atoms with Crippen LogP contribution in [0.25, 0.3) is 22.0 Å². The summed E-state index contributed by atoms with van der Waals surface area (Å²) in [6, 6.07) is 5.56. The molecule has 0 aliphatic carbocycles. The SMILES string of the molecule is CCOP(Cn1cc(-c2nc(C(=O)Nc3cn(C)nc3-c3ccccn3)cs2)cn1)OCC. The molecular weight excluding hydrogens is 461 g/mol. The van der Waals surface area contributed by atoms with Crippen molar-refractivity contribution in [2.24, 2.45) is 7.05 Å². The number of aromatic nitrogens is 6. The van der Waals surface area contributed by atoms with E-state index in [-0.39, 0.29) is 5.91 Å². The Morgan fingerprint density at radius 1 is 1.21 bits per heavy atom. The number of carbonyl (C=O) groups excluding carboxylic acids is 1. The van der Waals surface area contributed by atoms with E-state index in [0.29, 0.717) is 47.3 Å². The van der Waals surface area contributed by atoms with Crippen LogP contribution in [0.5, 0.6) is 0 Å². The fourth-order valence-corrected chi connectivity index (χ4v) is 5.03. The van der Waals surface area contributed by atoms with E-state index in [2.05, 4.69) is 25.5 Å². The second kappa shape index (κ2) is 10.8. The van der Waals surface area contributed by atoms with Crippen molar-refractivity contribution in [2.45, 2.75) is 20.1 Å². The molecule has 4 aromatic rings. The second-order valence-corrected chi connectivity index (χ2v) is 9.17. The zero-order chi connectivity index (χ0) is 23.2. The maximum absolute atomic E-state index is 12.9. The van der Waals surface area contributed by atoms with Gasteiger partial charge in [0.05, 0.1) is 30.8 Å². The van der Waals surface area contributed by atoms with Gasteiger partial charge in [0.25, 0.3) is 5.91 Å². The summed E-state index contributed by atoms with van der Waals surface area (Å²) in [4.78, 5) is 21.7. The predicted molar refractivity (Wildman–Crippen MR) is 128 cm³/mol. The maximum Gasteiger partial charge on any atom is 0.275 e. The number of thiazole rings is 1. The van der Waals surface area contributed by atoms with Gasteiger partial charge in [-0.2, -0.15) is 10.2 Å². The highest BCUT2D eigenvalue weighted by Gasteiger charge is 2.18. The summed E-state index contributed by atoms with van der Waals surface area (Å²) in [5.74, 6) is -0.314. The van der Waals surface area contributed by atoms with Crippen LogP contribution in [0.15, 0.2) is 48.4 Å². The summed E-state index contributed by atoms with van der Waals surface area (Å²) in [6.45, 7) is 5.05. The van der Waals surface area contributed by atoms with Crippen LogP contribution in [-0.2, 0) is 22.4 Å². The number of hydrogen-bond acceptors (Lipinski definition) is 8. The molecule has 0 radical (unpaired) electrons. The van der Waals surface area contributed by atoms with E-state index in [1.54, 1.807) is 40.4 Å². The van der Waals surface area contributed by atoms with Gasteiger partial charge in [-0.3, -0.25) is 19.1 Å². The minimum absolute atomic E-state index is 0.314. The minimum atomic E-state index is -1.04. The van der Waals surface area contributed by atoms with Crippen LogP contribution < -0.4 is 5.32 Å². The molecule has 4 aromatic heterocycles. The molecule has 0 aliphatic rings. The highest BCUT2D eigenvalue weighted by Crippen LogP contribution is 2.40. The maximum atomic E-state index is 12.9. The lowest BCUT2D eigenvalue weighted by Crippen LogP contribution is -2.12. The number of anilines is 1. The molecule has 0 unspecified atom stereocenters. The van der Waals surface area contributed by atoms with Gasteiger partial charge in [0.2, 0.25) is 0 Å². The second-order valence-electron chi connectivity index (χ2n) is 6.85. The smallest absolute Gasteiger partial charge is 0.275 e. The summed E-state index contributed by atoms with van der Waals surface area (Å²) in [6.07, 6.45) is 7.58. The predicted octanol–water partition coefficient (Wildman–Crippen LogP) is 4.40. The van der Waals surface area contributed by atoms with Crippen LogP contribution in [0.2, 0.25) is 0 Å². The number of nitrogens with one attached hydrogen (secondary N) is 1. The van der Waals surface area contributed by atoms with E-state index in [9.17, 15) is 4.79 Å². The van der Waals surface area contributed by atoms with Crippen LogP contribution >= 0.6 is 19.7 Å². The average Bonchev–Trinajstić information content (AvgIpc) is 3.55. The molecule has 1 N–H and O–H groups in total. The summed E-state index contributed by atoms with van der Waals surface area (Å²) in [5, 5.41) is 14.1. The number of rotatable bonds is 10. The summed E-state index contributed by atoms with van der Waals surface area (Å²) in [5.41, 5.74) is 3.01. The molecule has 10 nitrogen and oxygen atoms in total. The molecule has 0 bridgehead atoms. The molecule has 33 heavy (non-hydrogen) atoms. The van der Waals surface area contributed by atoms with Crippen LogP contribution in [0.3, 0.4) is 0 Å². The van der Waals surface area contributed by atoms with Crippen molar-refractivity contribution in [3.8, 4) is 22.0 Å². The molecule has 0 saturated heterocycles. The molecule has 0 saturated carbocycles. The molecule has 0 atom stereocenters. The van der Waals surface area contributed by atoms with E-state index in [0.717, 1.165) is 5.56 Å². The standard InChI is InChI=1S/C21H24N7O3PS/c1-4-30-32(31-5-2)14-28-11-15(10-23-28)21-25-18(13-33-21)20(29)24-17-12-27(3)26-19(17)16-8-6-7-9-22-16/h6-13H,4-5,14H2,1-3H3,(H,24,29). The third-order valence-electron chi connectivity index (χ3n) is 4.41. The largest absolute Gasteiger partial charge is 0.333 e. The Morgan fingerprint density at radius 3 is 2.76 bits per heavy atom. The minimum Gasteiger partial charge on any atom is -0.333 e. The molecule has 4 rings (SSSR count). The number of aryl methyl sites for hydroxylation is 1. The fraction of sp³-hybridized carbons (Fsp3) is 0.286. The van der Waals surface area contributed by atoms with E-state index in [1.807, 2.05) is 38.2 Å². The van der Waals surface area contributed by atoms with E-state index >= 15 is 0 Å². The van der Waals surface area contributed by atoms with Crippen molar-refractivity contribution in [1.29, 1.82) is 0 Å². The Morgan fingerprint density at radius 2 is 2.03 bits per heavy atom. The average molecular weight is 486 g/mol. The van der Waals surface area contributed by atoms with Crippen molar-refractivity contribution in [2.75, 3.05) is 18.5 Å². The van der Waals surface area contributed by atoms with E-state index in [1.165, 1.54) is 11.3 Å². The first-order valence-electron chi connectivity index (χ1n) is 10.4. The highest BCUT2D eigenvalue weighted by atomic mass is 32.1. The van der Waals surface area contributed by atoms with Gasteiger partial charge in [0.15, 0.2) is 8.38 Å². The zero-order valence-corrected chi connectivity index (χ0v) is 20.2. The monoisotopic (exact) mass is 485 g/mol. The van der Waals surface area contributed by atoms with Gasteiger partial charge < -0.3 is 14.4 Å². The van der Waals surface area contributed by atoms with Crippen molar-refractivity contribution in [3.05, 3.63) is 54.1 Å². The quantitative estimate of drug-likeness (QED) is 0.332. The Balaban J connectivity index is 1.46. The van der Waals surface area contributed by atoms with Crippen molar-refractivity contribution in [3.63, 3.8) is 0 Å². The summed E-state index contributed by atoms with van der Waals surface area (Å²) >= 11 is 1.38. The lowest BCUT2D eigenvalue weighted by molar-refractivity contribution is 0.102. The normalized spacial score (nSPS) is 11.3. The van der Waals surface area contributed by atoms with E-state index in [4.69, 9.17) is 9.05 Å². The fourth-order valence-electron chi connectivity index (χ4n) is 3.05. The first-order valence-corrected chi connectivity index (χ1v) is 12.6.